The molecule has 2 aromatic rings. The van der Waals surface area contributed by atoms with Crippen LogP contribution in [0.15, 0.2) is 48.5 Å². The summed E-state index contributed by atoms with van der Waals surface area (Å²) in [5.41, 5.74) is 8.23. The Morgan fingerprint density at radius 3 is 2.45 bits per heavy atom. The third-order valence-electron chi connectivity index (χ3n) is 3.27. The number of hydrogen-bond acceptors (Lipinski definition) is 2. The van der Waals surface area contributed by atoms with Crippen molar-refractivity contribution >= 4 is 11.6 Å². The molecule has 0 saturated carbocycles. The summed E-state index contributed by atoms with van der Waals surface area (Å²) in [4.78, 5) is 0. The van der Waals surface area contributed by atoms with E-state index in [-0.39, 0.29) is 12.1 Å². The fourth-order valence-corrected chi connectivity index (χ4v) is 2.41. The van der Waals surface area contributed by atoms with Crippen LogP contribution in [0.5, 0.6) is 5.75 Å². The highest BCUT2D eigenvalue weighted by atomic mass is 35.5. The first-order chi connectivity index (χ1) is 9.61. The van der Waals surface area contributed by atoms with Gasteiger partial charge in [0.05, 0.1) is 0 Å². The lowest BCUT2D eigenvalue weighted by molar-refractivity contribution is 0.180. The molecule has 0 spiro atoms. The van der Waals surface area contributed by atoms with Crippen LogP contribution in [0.4, 0.5) is 0 Å². The highest BCUT2D eigenvalue weighted by Crippen LogP contribution is 2.28. The lowest BCUT2D eigenvalue weighted by Crippen LogP contribution is -2.29. The van der Waals surface area contributed by atoms with E-state index in [0.717, 1.165) is 28.3 Å². The Morgan fingerprint density at radius 1 is 1.15 bits per heavy atom. The molecular formula is C17H20ClNO. The van der Waals surface area contributed by atoms with Crippen LogP contribution in [0, 0.1) is 0 Å². The molecule has 0 aliphatic rings. The minimum absolute atomic E-state index is 0.0989. The first kappa shape index (κ1) is 14.9. The Bertz CT molecular complexity index is 554. The summed E-state index contributed by atoms with van der Waals surface area (Å²) < 4.78 is 6.08. The SMILES string of the molecule is CCc1cc(OC(c2ccccc2)C(C)N)ccc1Cl. The monoisotopic (exact) mass is 289 g/mol. The summed E-state index contributed by atoms with van der Waals surface area (Å²) in [5.74, 6) is 0.803. The fourth-order valence-electron chi connectivity index (χ4n) is 2.16. The Balaban J connectivity index is 2.25. The predicted molar refractivity (Wildman–Crippen MR) is 84.3 cm³/mol. The van der Waals surface area contributed by atoms with Gasteiger partial charge in [0.1, 0.15) is 11.9 Å². The molecule has 20 heavy (non-hydrogen) atoms. The molecule has 2 rings (SSSR count). The van der Waals surface area contributed by atoms with Crippen molar-refractivity contribution in [2.75, 3.05) is 0 Å². The molecule has 2 aromatic carbocycles. The van der Waals surface area contributed by atoms with Gasteiger partial charge in [0.15, 0.2) is 0 Å². The zero-order valence-electron chi connectivity index (χ0n) is 11.8. The van der Waals surface area contributed by atoms with Gasteiger partial charge >= 0.3 is 0 Å². The van der Waals surface area contributed by atoms with Crippen molar-refractivity contribution in [2.24, 2.45) is 5.73 Å². The predicted octanol–water partition coefficient (Wildman–Crippen LogP) is 4.37. The minimum atomic E-state index is -0.165. The molecule has 2 atom stereocenters. The van der Waals surface area contributed by atoms with Crippen LogP contribution in [0.3, 0.4) is 0 Å². The van der Waals surface area contributed by atoms with Crippen LogP contribution < -0.4 is 10.5 Å². The van der Waals surface area contributed by atoms with Gasteiger partial charge in [-0.1, -0.05) is 48.9 Å². The van der Waals surface area contributed by atoms with Gasteiger partial charge < -0.3 is 10.5 Å². The van der Waals surface area contributed by atoms with Gasteiger partial charge in [-0.3, -0.25) is 0 Å². The summed E-state index contributed by atoms with van der Waals surface area (Å²) in [5, 5.41) is 0.775. The number of aryl methyl sites for hydroxylation is 1. The summed E-state index contributed by atoms with van der Waals surface area (Å²) >= 11 is 6.13. The molecular weight excluding hydrogens is 270 g/mol. The molecule has 2 nitrogen and oxygen atoms in total. The van der Waals surface area contributed by atoms with Crippen LogP contribution in [-0.4, -0.2) is 6.04 Å². The first-order valence-corrected chi connectivity index (χ1v) is 7.25. The minimum Gasteiger partial charge on any atom is -0.484 e. The molecule has 2 N–H and O–H groups in total. The van der Waals surface area contributed by atoms with Gasteiger partial charge in [-0.2, -0.15) is 0 Å². The van der Waals surface area contributed by atoms with Crippen molar-refractivity contribution in [3.05, 3.63) is 64.7 Å². The molecule has 0 fully saturated rings. The van der Waals surface area contributed by atoms with Crippen LogP contribution >= 0.6 is 11.6 Å². The van der Waals surface area contributed by atoms with Gasteiger partial charge in [-0.15, -0.1) is 0 Å². The molecule has 0 bridgehead atoms. The Kier molecular flexibility index (Phi) is 5.05. The zero-order valence-corrected chi connectivity index (χ0v) is 12.6. The van der Waals surface area contributed by atoms with Gasteiger partial charge in [-0.05, 0) is 42.7 Å². The van der Waals surface area contributed by atoms with Crippen molar-refractivity contribution in [2.45, 2.75) is 32.4 Å². The van der Waals surface area contributed by atoms with Gasteiger partial charge in [0.2, 0.25) is 0 Å². The van der Waals surface area contributed by atoms with Crippen molar-refractivity contribution in [3.8, 4) is 5.75 Å². The van der Waals surface area contributed by atoms with Gasteiger partial charge in [-0.25, -0.2) is 0 Å². The second kappa shape index (κ2) is 6.78. The fraction of sp³-hybridized carbons (Fsp3) is 0.294. The lowest BCUT2D eigenvalue weighted by Gasteiger charge is -2.23. The number of rotatable bonds is 5. The molecule has 0 saturated heterocycles. The lowest BCUT2D eigenvalue weighted by atomic mass is 10.0. The number of ether oxygens (including phenoxy) is 1. The Hall–Kier alpha value is -1.51. The van der Waals surface area contributed by atoms with E-state index in [9.17, 15) is 0 Å². The smallest absolute Gasteiger partial charge is 0.138 e. The Labute approximate surface area is 125 Å². The average Bonchev–Trinajstić information content (AvgIpc) is 2.47. The molecule has 2 unspecified atom stereocenters. The average molecular weight is 290 g/mol. The summed E-state index contributed by atoms with van der Waals surface area (Å²) in [6, 6.07) is 15.7. The summed E-state index contributed by atoms with van der Waals surface area (Å²) in [6.45, 7) is 4.03. The van der Waals surface area contributed by atoms with E-state index in [1.165, 1.54) is 0 Å². The maximum Gasteiger partial charge on any atom is 0.138 e. The third-order valence-corrected chi connectivity index (χ3v) is 3.64. The first-order valence-electron chi connectivity index (χ1n) is 6.87. The quantitative estimate of drug-likeness (QED) is 0.887. The molecule has 0 heterocycles. The highest BCUT2D eigenvalue weighted by molar-refractivity contribution is 6.31. The summed E-state index contributed by atoms with van der Waals surface area (Å²) in [7, 11) is 0. The number of nitrogens with two attached hydrogens (primary N) is 1. The van der Waals surface area contributed by atoms with E-state index in [4.69, 9.17) is 22.1 Å². The standard InChI is InChI=1S/C17H20ClNO/c1-3-13-11-15(9-10-16(13)18)20-17(12(2)19)14-7-5-4-6-8-14/h4-12,17H,3,19H2,1-2H3. The van der Waals surface area contributed by atoms with E-state index in [2.05, 4.69) is 6.92 Å². The van der Waals surface area contributed by atoms with E-state index < -0.39 is 0 Å². The zero-order chi connectivity index (χ0) is 14.5. The van der Waals surface area contributed by atoms with Crippen molar-refractivity contribution < 1.29 is 4.74 Å². The maximum absolute atomic E-state index is 6.13. The van der Waals surface area contributed by atoms with E-state index in [0.29, 0.717) is 0 Å². The maximum atomic E-state index is 6.13. The highest BCUT2D eigenvalue weighted by Gasteiger charge is 2.18. The molecule has 0 aliphatic heterocycles. The van der Waals surface area contributed by atoms with Crippen molar-refractivity contribution in [1.82, 2.24) is 0 Å². The Morgan fingerprint density at radius 2 is 1.85 bits per heavy atom. The number of halogens is 1. The van der Waals surface area contributed by atoms with Gasteiger partial charge in [0.25, 0.3) is 0 Å². The topological polar surface area (TPSA) is 35.2 Å². The van der Waals surface area contributed by atoms with Crippen LogP contribution in [-0.2, 0) is 6.42 Å². The largest absolute Gasteiger partial charge is 0.484 e. The second-order valence-corrected chi connectivity index (χ2v) is 5.32. The third kappa shape index (κ3) is 3.53. The van der Waals surface area contributed by atoms with Gasteiger partial charge in [0, 0.05) is 11.1 Å². The van der Waals surface area contributed by atoms with E-state index in [1.54, 1.807) is 0 Å². The van der Waals surface area contributed by atoms with Crippen LogP contribution in [0.1, 0.15) is 31.1 Å². The van der Waals surface area contributed by atoms with Crippen molar-refractivity contribution in [3.63, 3.8) is 0 Å². The van der Waals surface area contributed by atoms with Crippen molar-refractivity contribution in [1.29, 1.82) is 0 Å². The molecule has 106 valence electrons. The molecule has 0 amide bonds. The molecule has 0 aliphatic carbocycles. The summed E-state index contributed by atoms with van der Waals surface area (Å²) in [6.07, 6.45) is 0.714. The molecule has 0 aromatic heterocycles. The molecule has 3 heteroatoms. The number of hydrogen-bond donors (Lipinski definition) is 1. The number of benzene rings is 2. The van der Waals surface area contributed by atoms with E-state index in [1.807, 2.05) is 55.5 Å². The van der Waals surface area contributed by atoms with Crippen LogP contribution in [0.25, 0.3) is 0 Å². The molecule has 0 radical (unpaired) electrons. The van der Waals surface area contributed by atoms with Crippen LogP contribution in [0.2, 0.25) is 5.02 Å². The second-order valence-electron chi connectivity index (χ2n) is 4.92. The van der Waals surface area contributed by atoms with E-state index >= 15 is 0 Å². The normalized spacial score (nSPS) is 13.8.